The van der Waals surface area contributed by atoms with Crippen LogP contribution in [-0.2, 0) is 23.8 Å². The lowest BCUT2D eigenvalue weighted by Crippen LogP contribution is -2.44. The van der Waals surface area contributed by atoms with Gasteiger partial charge in [-0.05, 0) is 55.3 Å². The van der Waals surface area contributed by atoms with Gasteiger partial charge in [-0.3, -0.25) is 4.79 Å². The number of esters is 2. The Balaban J connectivity index is 1.76. The fourth-order valence-corrected chi connectivity index (χ4v) is 6.80. The highest BCUT2D eigenvalue weighted by atomic mass is 16.8. The number of allylic oxidation sites excluding steroid dienone is 1. The number of carbonyl (C=O) groups is 2. The second kappa shape index (κ2) is 6.32. The predicted molar refractivity (Wildman–Crippen MR) is 104 cm³/mol. The molecular formula is C23H34O5. The average Bonchev–Trinajstić information content (AvgIpc) is 2.99. The molecule has 0 aromatic carbocycles. The molecular weight excluding hydrogens is 356 g/mol. The molecule has 0 aromatic heterocycles. The van der Waals surface area contributed by atoms with Crippen LogP contribution in [0.1, 0.15) is 80.1 Å². The summed E-state index contributed by atoms with van der Waals surface area (Å²) in [5.41, 5.74) is 2.30. The van der Waals surface area contributed by atoms with E-state index in [1.165, 1.54) is 31.8 Å². The van der Waals surface area contributed by atoms with E-state index in [0.29, 0.717) is 5.41 Å². The molecule has 156 valence electrons. The first-order valence-electron chi connectivity index (χ1n) is 10.7. The Morgan fingerprint density at radius 1 is 1.14 bits per heavy atom. The van der Waals surface area contributed by atoms with Gasteiger partial charge in [0, 0.05) is 18.4 Å². The topological polar surface area (TPSA) is 61.8 Å². The summed E-state index contributed by atoms with van der Waals surface area (Å²) in [7, 11) is 0. The molecule has 0 spiro atoms. The van der Waals surface area contributed by atoms with Gasteiger partial charge in [0.2, 0.25) is 12.6 Å². The maximum Gasteiger partial charge on any atom is 0.336 e. The first-order valence-corrected chi connectivity index (χ1v) is 10.7. The van der Waals surface area contributed by atoms with Crippen molar-refractivity contribution in [2.75, 3.05) is 0 Å². The molecule has 5 nitrogen and oxygen atoms in total. The third kappa shape index (κ3) is 2.84. The van der Waals surface area contributed by atoms with Crippen LogP contribution in [0.5, 0.6) is 0 Å². The number of hydrogen-bond acceptors (Lipinski definition) is 5. The van der Waals surface area contributed by atoms with Gasteiger partial charge >= 0.3 is 11.9 Å². The van der Waals surface area contributed by atoms with Gasteiger partial charge in [0.15, 0.2) is 0 Å². The lowest BCUT2D eigenvalue weighted by Gasteiger charge is -2.54. The van der Waals surface area contributed by atoms with Gasteiger partial charge in [0.05, 0.1) is 5.92 Å². The first kappa shape index (κ1) is 19.9. The van der Waals surface area contributed by atoms with E-state index >= 15 is 0 Å². The predicted octanol–water partition coefficient (Wildman–Crippen LogP) is 4.74. The van der Waals surface area contributed by atoms with Crippen LogP contribution in [0.3, 0.4) is 0 Å². The minimum absolute atomic E-state index is 0.0210. The summed E-state index contributed by atoms with van der Waals surface area (Å²) in [4.78, 5) is 24.4. The molecule has 5 heteroatoms. The maximum atomic E-state index is 12.8. The highest BCUT2D eigenvalue weighted by molar-refractivity contribution is 5.92. The van der Waals surface area contributed by atoms with Crippen LogP contribution >= 0.6 is 0 Å². The highest BCUT2D eigenvalue weighted by Crippen LogP contribution is 2.63. The third-order valence-corrected chi connectivity index (χ3v) is 8.42. The van der Waals surface area contributed by atoms with Crippen LogP contribution in [0.25, 0.3) is 0 Å². The van der Waals surface area contributed by atoms with Crippen molar-refractivity contribution in [2.24, 2.45) is 28.1 Å². The Bertz CT molecular complexity index is 737. The molecule has 0 radical (unpaired) electrons. The van der Waals surface area contributed by atoms with E-state index in [-0.39, 0.29) is 34.6 Å². The van der Waals surface area contributed by atoms with Gasteiger partial charge < -0.3 is 14.2 Å². The van der Waals surface area contributed by atoms with Crippen molar-refractivity contribution in [1.29, 1.82) is 0 Å². The molecule has 1 saturated carbocycles. The normalized spacial score (nSPS) is 44.7. The van der Waals surface area contributed by atoms with Crippen LogP contribution < -0.4 is 0 Å². The molecule has 3 fully saturated rings. The molecule has 0 N–H and O–H groups in total. The average molecular weight is 391 g/mol. The first-order chi connectivity index (χ1) is 13.0. The van der Waals surface area contributed by atoms with Crippen molar-refractivity contribution >= 4 is 11.9 Å². The summed E-state index contributed by atoms with van der Waals surface area (Å²) >= 11 is 0. The van der Waals surface area contributed by atoms with E-state index in [1.807, 2.05) is 0 Å². The zero-order valence-electron chi connectivity index (χ0n) is 18.1. The Hall–Kier alpha value is -1.36. The zero-order chi connectivity index (χ0) is 20.5. The second-order valence-electron chi connectivity index (χ2n) is 10.7. The summed E-state index contributed by atoms with van der Waals surface area (Å²) in [5.74, 6) is -0.747. The molecule has 0 bridgehead atoms. The molecule has 2 aliphatic carbocycles. The van der Waals surface area contributed by atoms with E-state index in [9.17, 15) is 9.59 Å². The monoisotopic (exact) mass is 390 g/mol. The summed E-state index contributed by atoms with van der Waals surface area (Å²) < 4.78 is 16.9. The van der Waals surface area contributed by atoms with Crippen molar-refractivity contribution < 1.29 is 23.8 Å². The van der Waals surface area contributed by atoms with Crippen LogP contribution in [0.2, 0.25) is 0 Å². The molecule has 0 aromatic rings. The van der Waals surface area contributed by atoms with Gasteiger partial charge in [-0.25, -0.2) is 4.79 Å². The standard InChI is InChI=1S/C23H34O5/c1-13-16-17-15(19(26-14(2)24)28-20(17)27-18(16)25)8-11-23(13,6)22(5)10-7-9-21(3,4)12-22/h15,17,19-20H,7-12H2,1-6H3/t15-,17-,19-,20-,22+,23+/m1/s1. The van der Waals surface area contributed by atoms with E-state index in [1.54, 1.807) is 0 Å². The molecule has 2 heterocycles. The lowest BCUT2D eigenvalue weighted by atomic mass is 9.50. The van der Waals surface area contributed by atoms with Crippen LogP contribution in [-0.4, -0.2) is 24.5 Å². The van der Waals surface area contributed by atoms with Crippen molar-refractivity contribution in [3.63, 3.8) is 0 Å². The van der Waals surface area contributed by atoms with Crippen molar-refractivity contribution in [3.05, 3.63) is 11.1 Å². The van der Waals surface area contributed by atoms with E-state index < -0.39 is 12.6 Å². The molecule has 0 unspecified atom stereocenters. The SMILES string of the molecule is CC(=O)O[C@@H]1O[C@H]2OC(=O)C3=C(C)[C@@](C)([C@@]4(C)CCCC(C)(C)C4)CC[C@@H]1[C@H]32. The summed E-state index contributed by atoms with van der Waals surface area (Å²) in [6, 6.07) is 0. The zero-order valence-corrected chi connectivity index (χ0v) is 18.1. The fraction of sp³-hybridized carbons (Fsp3) is 0.826. The molecule has 4 rings (SSSR count). The fourth-order valence-electron chi connectivity index (χ4n) is 6.80. The van der Waals surface area contributed by atoms with E-state index in [0.717, 1.165) is 24.8 Å². The quantitative estimate of drug-likeness (QED) is 0.637. The van der Waals surface area contributed by atoms with Gasteiger partial charge in [0.25, 0.3) is 0 Å². The highest BCUT2D eigenvalue weighted by Gasteiger charge is 2.61. The summed E-state index contributed by atoms with van der Waals surface area (Å²) in [5, 5.41) is 0. The van der Waals surface area contributed by atoms with Crippen molar-refractivity contribution in [2.45, 2.75) is 92.6 Å². The van der Waals surface area contributed by atoms with E-state index in [2.05, 4.69) is 34.6 Å². The Morgan fingerprint density at radius 3 is 2.50 bits per heavy atom. The largest absolute Gasteiger partial charge is 0.435 e. The minimum atomic E-state index is -0.624. The third-order valence-electron chi connectivity index (χ3n) is 8.42. The second-order valence-corrected chi connectivity index (χ2v) is 10.7. The number of rotatable bonds is 2. The molecule has 2 saturated heterocycles. The summed E-state index contributed by atoms with van der Waals surface area (Å²) in [6.07, 6.45) is 5.40. The van der Waals surface area contributed by atoms with Crippen molar-refractivity contribution in [3.8, 4) is 0 Å². The van der Waals surface area contributed by atoms with Crippen LogP contribution in [0.4, 0.5) is 0 Å². The van der Waals surface area contributed by atoms with Crippen molar-refractivity contribution in [1.82, 2.24) is 0 Å². The van der Waals surface area contributed by atoms with Gasteiger partial charge in [0.1, 0.15) is 0 Å². The van der Waals surface area contributed by atoms with Gasteiger partial charge in [-0.15, -0.1) is 0 Å². The Kier molecular flexibility index (Phi) is 4.50. The molecule has 2 aliphatic heterocycles. The van der Waals surface area contributed by atoms with Gasteiger partial charge in [-0.1, -0.05) is 39.7 Å². The molecule has 6 atom stereocenters. The lowest BCUT2D eigenvalue weighted by molar-refractivity contribution is -0.208. The maximum absolute atomic E-state index is 12.8. The number of ether oxygens (including phenoxy) is 3. The molecule has 4 aliphatic rings. The molecule has 28 heavy (non-hydrogen) atoms. The number of hydrogen-bond donors (Lipinski definition) is 0. The van der Waals surface area contributed by atoms with Gasteiger partial charge in [-0.2, -0.15) is 0 Å². The van der Waals surface area contributed by atoms with Crippen LogP contribution in [0, 0.1) is 28.1 Å². The van der Waals surface area contributed by atoms with E-state index in [4.69, 9.17) is 14.2 Å². The van der Waals surface area contributed by atoms with Crippen LogP contribution in [0.15, 0.2) is 11.1 Å². The molecule has 0 amide bonds. The Morgan fingerprint density at radius 2 is 1.86 bits per heavy atom. The summed E-state index contributed by atoms with van der Waals surface area (Å²) in [6.45, 7) is 13.0. The number of carbonyl (C=O) groups excluding carboxylic acids is 2. The smallest absolute Gasteiger partial charge is 0.336 e. The Labute approximate surface area is 168 Å². The minimum Gasteiger partial charge on any atom is -0.435 e.